The molecule has 1 saturated heterocycles. The lowest BCUT2D eigenvalue weighted by atomic mass is 10.0. The molecule has 9 heteroatoms. The quantitative estimate of drug-likeness (QED) is 0.450. The smallest absolute Gasteiger partial charge is 0.263 e. The molecular weight excluding hydrogens is 442 g/mol. The van der Waals surface area contributed by atoms with Crippen LogP contribution in [0.25, 0.3) is 22.4 Å². The SMILES string of the molecule is Cc1c(-c2ccco2)c(=O)n(C2CCCC2)c2nc(Nc3ccc(N4CCNCC4)cn3)ncc12. The van der Waals surface area contributed by atoms with E-state index in [9.17, 15) is 4.79 Å². The highest BCUT2D eigenvalue weighted by molar-refractivity contribution is 5.85. The van der Waals surface area contributed by atoms with Gasteiger partial charge in [0.05, 0.1) is 23.7 Å². The van der Waals surface area contributed by atoms with Crippen molar-refractivity contribution in [1.82, 2.24) is 24.8 Å². The van der Waals surface area contributed by atoms with Crippen molar-refractivity contribution in [1.29, 1.82) is 0 Å². The number of piperazine rings is 1. The molecule has 1 aliphatic heterocycles. The zero-order valence-corrected chi connectivity index (χ0v) is 19.8. The molecule has 2 N–H and O–H groups in total. The Kier molecular flexibility index (Phi) is 5.69. The van der Waals surface area contributed by atoms with E-state index < -0.39 is 0 Å². The topological polar surface area (TPSA) is 101 Å². The first-order valence-corrected chi connectivity index (χ1v) is 12.3. The molecule has 0 unspecified atom stereocenters. The summed E-state index contributed by atoms with van der Waals surface area (Å²) in [5.74, 6) is 1.68. The van der Waals surface area contributed by atoms with Crippen LogP contribution in [0.1, 0.15) is 37.3 Å². The molecule has 4 aromatic rings. The van der Waals surface area contributed by atoms with Gasteiger partial charge in [-0.25, -0.2) is 9.97 Å². The lowest BCUT2D eigenvalue weighted by molar-refractivity contribution is 0.513. The number of hydrogen-bond donors (Lipinski definition) is 2. The number of nitrogens with zero attached hydrogens (tertiary/aromatic N) is 5. The second-order valence-corrected chi connectivity index (χ2v) is 9.29. The predicted molar refractivity (Wildman–Crippen MR) is 136 cm³/mol. The van der Waals surface area contributed by atoms with Crippen LogP contribution in [0.3, 0.4) is 0 Å². The van der Waals surface area contributed by atoms with Crippen molar-refractivity contribution in [2.24, 2.45) is 0 Å². The molecular formula is C26H29N7O2. The Balaban J connectivity index is 1.38. The van der Waals surface area contributed by atoms with Crippen LogP contribution in [-0.2, 0) is 0 Å². The number of hydrogen-bond acceptors (Lipinski definition) is 8. The van der Waals surface area contributed by atoms with Gasteiger partial charge in [0.1, 0.15) is 17.2 Å². The first-order chi connectivity index (χ1) is 17.2. The van der Waals surface area contributed by atoms with E-state index in [1.54, 1.807) is 12.5 Å². The molecule has 5 heterocycles. The van der Waals surface area contributed by atoms with E-state index in [2.05, 4.69) is 31.6 Å². The first-order valence-electron chi connectivity index (χ1n) is 12.3. The van der Waals surface area contributed by atoms with Crippen molar-refractivity contribution >= 4 is 28.5 Å². The summed E-state index contributed by atoms with van der Waals surface area (Å²) >= 11 is 0. The van der Waals surface area contributed by atoms with Crippen molar-refractivity contribution in [2.75, 3.05) is 36.4 Å². The largest absolute Gasteiger partial charge is 0.464 e. The summed E-state index contributed by atoms with van der Waals surface area (Å²) in [6.45, 7) is 5.84. The second-order valence-electron chi connectivity index (χ2n) is 9.29. The molecule has 0 amide bonds. The van der Waals surface area contributed by atoms with Gasteiger partial charge in [-0.15, -0.1) is 0 Å². The monoisotopic (exact) mass is 471 g/mol. The molecule has 35 heavy (non-hydrogen) atoms. The number of fused-ring (bicyclic) bond motifs is 1. The molecule has 9 nitrogen and oxygen atoms in total. The molecule has 0 spiro atoms. The Morgan fingerprint density at radius 1 is 1.09 bits per heavy atom. The minimum atomic E-state index is -0.0556. The minimum absolute atomic E-state index is 0.0556. The fourth-order valence-electron chi connectivity index (χ4n) is 5.29. The van der Waals surface area contributed by atoms with Crippen molar-refractivity contribution in [2.45, 2.75) is 38.6 Å². The normalized spacial score (nSPS) is 16.8. The summed E-state index contributed by atoms with van der Waals surface area (Å²) in [6.07, 6.45) is 9.44. The third-order valence-corrected chi connectivity index (χ3v) is 7.14. The Labute approximate surface area is 203 Å². The van der Waals surface area contributed by atoms with Crippen LogP contribution < -0.4 is 21.1 Å². The fourth-order valence-corrected chi connectivity index (χ4v) is 5.29. The Morgan fingerprint density at radius 2 is 1.91 bits per heavy atom. The van der Waals surface area contributed by atoms with Gasteiger partial charge >= 0.3 is 0 Å². The third kappa shape index (κ3) is 4.05. The molecule has 0 atom stereocenters. The molecule has 1 aliphatic carbocycles. The Bertz CT molecular complexity index is 1380. The van der Waals surface area contributed by atoms with E-state index in [-0.39, 0.29) is 11.6 Å². The molecule has 0 bridgehead atoms. The minimum Gasteiger partial charge on any atom is -0.464 e. The average Bonchev–Trinajstić information content (AvgIpc) is 3.61. The second kappa shape index (κ2) is 9.14. The van der Waals surface area contributed by atoms with Crippen LogP contribution in [0.2, 0.25) is 0 Å². The fraction of sp³-hybridized carbons (Fsp3) is 0.385. The van der Waals surface area contributed by atoms with Crippen LogP contribution in [-0.4, -0.2) is 45.7 Å². The first kappa shape index (κ1) is 21.8. The maximum absolute atomic E-state index is 13.7. The number of anilines is 3. The zero-order chi connectivity index (χ0) is 23.8. The van der Waals surface area contributed by atoms with E-state index >= 15 is 0 Å². The molecule has 1 saturated carbocycles. The third-order valence-electron chi connectivity index (χ3n) is 7.14. The van der Waals surface area contributed by atoms with E-state index in [0.29, 0.717) is 28.7 Å². The maximum atomic E-state index is 13.7. The lowest BCUT2D eigenvalue weighted by Crippen LogP contribution is -2.43. The predicted octanol–water partition coefficient (Wildman–Crippen LogP) is 4.02. The van der Waals surface area contributed by atoms with Gasteiger partial charge in [0, 0.05) is 43.8 Å². The van der Waals surface area contributed by atoms with Crippen LogP contribution in [0.4, 0.5) is 17.5 Å². The van der Waals surface area contributed by atoms with Crippen LogP contribution in [0.5, 0.6) is 0 Å². The van der Waals surface area contributed by atoms with Gasteiger partial charge in [0.25, 0.3) is 5.56 Å². The van der Waals surface area contributed by atoms with Crippen LogP contribution in [0.15, 0.2) is 52.1 Å². The van der Waals surface area contributed by atoms with E-state index in [4.69, 9.17) is 9.40 Å². The molecule has 0 radical (unpaired) electrons. The molecule has 2 aliphatic rings. The number of furan rings is 1. The summed E-state index contributed by atoms with van der Waals surface area (Å²) in [5, 5.41) is 7.45. The van der Waals surface area contributed by atoms with E-state index in [1.165, 1.54) is 0 Å². The van der Waals surface area contributed by atoms with Gasteiger partial charge in [0.15, 0.2) is 0 Å². The molecule has 180 valence electrons. The lowest BCUT2D eigenvalue weighted by Gasteiger charge is -2.29. The summed E-state index contributed by atoms with van der Waals surface area (Å²) < 4.78 is 7.48. The van der Waals surface area contributed by atoms with Gasteiger partial charge in [-0.05, 0) is 49.6 Å². The Morgan fingerprint density at radius 3 is 2.63 bits per heavy atom. The average molecular weight is 472 g/mol. The maximum Gasteiger partial charge on any atom is 0.263 e. The summed E-state index contributed by atoms with van der Waals surface area (Å²) in [6, 6.07) is 7.78. The van der Waals surface area contributed by atoms with Crippen molar-refractivity contribution in [3.63, 3.8) is 0 Å². The van der Waals surface area contributed by atoms with Gasteiger partial charge in [-0.1, -0.05) is 12.8 Å². The van der Waals surface area contributed by atoms with E-state index in [0.717, 1.165) is 68.5 Å². The van der Waals surface area contributed by atoms with Gasteiger partial charge < -0.3 is 20.0 Å². The number of aryl methyl sites for hydroxylation is 1. The van der Waals surface area contributed by atoms with Crippen LogP contribution in [0, 0.1) is 6.92 Å². The van der Waals surface area contributed by atoms with Gasteiger partial charge in [-0.3, -0.25) is 9.36 Å². The number of pyridine rings is 2. The molecule has 2 fully saturated rings. The van der Waals surface area contributed by atoms with Gasteiger partial charge in [-0.2, -0.15) is 4.98 Å². The number of rotatable bonds is 5. The van der Waals surface area contributed by atoms with Crippen molar-refractivity contribution in [3.05, 3.63) is 58.8 Å². The Hall–Kier alpha value is -3.72. The highest BCUT2D eigenvalue weighted by Crippen LogP contribution is 2.34. The number of nitrogens with one attached hydrogen (secondary N) is 2. The van der Waals surface area contributed by atoms with Gasteiger partial charge in [0.2, 0.25) is 5.95 Å². The van der Waals surface area contributed by atoms with Crippen molar-refractivity contribution in [3.8, 4) is 11.3 Å². The summed E-state index contributed by atoms with van der Waals surface area (Å²) in [4.78, 5) is 30.0. The molecule has 6 rings (SSSR count). The number of aromatic nitrogens is 4. The van der Waals surface area contributed by atoms with Crippen molar-refractivity contribution < 1.29 is 4.42 Å². The zero-order valence-electron chi connectivity index (χ0n) is 19.8. The molecule has 4 aromatic heterocycles. The standard InChI is InChI=1S/C26H29N7O2/c1-17-20-16-29-26(30-22-9-8-19(15-28-22)32-12-10-27-11-13-32)31-24(20)33(18-5-2-3-6-18)25(34)23(17)21-7-4-14-35-21/h4,7-9,14-16,18,27H,2-3,5-6,10-13H2,1H3,(H,28,29,30,31). The summed E-state index contributed by atoms with van der Waals surface area (Å²) in [7, 11) is 0. The summed E-state index contributed by atoms with van der Waals surface area (Å²) in [5.41, 5.74) is 3.13. The molecule has 0 aromatic carbocycles. The van der Waals surface area contributed by atoms with E-state index in [1.807, 2.05) is 35.9 Å². The van der Waals surface area contributed by atoms with Crippen LogP contribution >= 0.6 is 0 Å². The highest BCUT2D eigenvalue weighted by atomic mass is 16.3. The highest BCUT2D eigenvalue weighted by Gasteiger charge is 2.26.